The Morgan fingerprint density at radius 2 is 1.08 bits per heavy atom. The molecule has 1 nitrogen and oxygen atoms in total. The average molecular weight is 504 g/mol. The van der Waals surface area contributed by atoms with Gasteiger partial charge in [-0.15, -0.1) is 0 Å². The second-order valence-electron chi connectivity index (χ2n) is 10.8. The quantitative estimate of drug-likeness (QED) is 0.226. The van der Waals surface area contributed by atoms with E-state index in [0.29, 0.717) is 5.92 Å². The van der Waals surface area contributed by atoms with Gasteiger partial charge in [-0.25, -0.2) is 0 Å². The Hall–Kier alpha value is -4.36. The highest BCUT2D eigenvalue weighted by Crippen LogP contribution is 2.46. The van der Waals surface area contributed by atoms with Gasteiger partial charge in [-0.3, -0.25) is 0 Å². The van der Waals surface area contributed by atoms with Gasteiger partial charge in [-0.1, -0.05) is 128 Å². The number of benzene rings is 6. The third kappa shape index (κ3) is 4.38. The Morgan fingerprint density at radius 1 is 0.462 bits per heavy atom. The van der Waals surface area contributed by atoms with Crippen LogP contribution in [0.4, 0.5) is 17.1 Å². The summed E-state index contributed by atoms with van der Waals surface area (Å²) in [5.74, 6) is 0.638. The van der Waals surface area contributed by atoms with Crippen LogP contribution in [0.15, 0.2) is 133 Å². The summed E-state index contributed by atoms with van der Waals surface area (Å²) in [6.45, 7) is 0. The van der Waals surface area contributed by atoms with Crippen molar-refractivity contribution in [3.8, 4) is 11.1 Å². The van der Waals surface area contributed by atoms with Crippen LogP contribution in [-0.4, -0.2) is 0 Å². The molecular formula is C38H33N. The zero-order valence-corrected chi connectivity index (χ0v) is 22.3. The highest BCUT2D eigenvalue weighted by Gasteiger charge is 2.23. The van der Waals surface area contributed by atoms with Crippen LogP contribution in [0.25, 0.3) is 32.7 Å². The van der Waals surface area contributed by atoms with E-state index in [2.05, 4.69) is 138 Å². The summed E-state index contributed by atoms with van der Waals surface area (Å²) in [6.07, 6.45) is 6.63. The van der Waals surface area contributed by atoms with E-state index >= 15 is 0 Å². The fourth-order valence-electron chi connectivity index (χ4n) is 6.63. The molecule has 0 spiro atoms. The summed E-state index contributed by atoms with van der Waals surface area (Å²) >= 11 is 0. The molecule has 1 saturated carbocycles. The molecule has 0 aromatic heterocycles. The van der Waals surface area contributed by atoms with Crippen molar-refractivity contribution in [3.63, 3.8) is 0 Å². The van der Waals surface area contributed by atoms with Crippen LogP contribution >= 0.6 is 0 Å². The SMILES string of the molecule is c1ccc(N(c2ccccc2-c2cccc3cccc(C4CCCCC4)c23)c2cccc3ccccc23)cc1. The van der Waals surface area contributed by atoms with Gasteiger partial charge < -0.3 is 4.90 Å². The Kier molecular flexibility index (Phi) is 6.34. The molecule has 1 heteroatoms. The van der Waals surface area contributed by atoms with Gasteiger partial charge in [0.2, 0.25) is 0 Å². The maximum Gasteiger partial charge on any atom is 0.0540 e. The highest BCUT2D eigenvalue weighted by atomic mass is 15.1. The third-order valence-corrected chi connectivity index (χ3v) is 8.44. The molecule has 39 heavy (non-hydrogen) atoms. The summed E-state index contributed by atoms with van der Waals surface area (Å²) in [6, 6.07) is 48.9. The maximum atomic E-state index is 2.44. The average Bonchev–Trinajstić information content (AvgIpc) is 3.02. The molecule has 1 aliphatic rings. The van der Waals surface area contributed by atoms with E-state index in [1.54, 1.807) is 0 Å². The minimum Gasteiger partial charge on any atom is -0.309 e. The summed E-state index contributed by atoms with van der Waals surface area (Å²) in [4.78, 5) is 2.44. The van der Waals surface area contributed by atoms with Crippen molar-refractivity contribution < 1.29 is 0 Å². The van der Waals surface area contributed by atoms with Crippen LogP contribution in [0.5, 0.6) is 0 Å². The number of rotatable bonds is 5. The first-order valence-electron chi connectivity index (χ1n) is 14.3. The topological polar surface area (TPSA) is 3.24 Å². The summed E-state index contributed by atoms with van der Waals surface area (Å²) in [5.41, 5.74) is 7.67. The molecule has 0 amide bonds. The molecule has 0 N–H and O–H groups in total. The molecule has 0 aliphatic heterocycles. The smallest absolute Gasteiger partial charge is 0.0540 e. The molecule has 1 fully saturated rings. The minimum absolute atomic E-state index is 0.638. The molecule has 0 heterocycles. The van der Waals surface area contributed by atoms with Crippen LogP contribution < -0.4 is 4.90 Å². The third-order valence-electron chi connectivity index (χ3n) is 8.44. The van der Waals surface area contributed by atoms with Gasteiger partial charge in [0.1, 0.15) is 0 Å². The molecule has 7 rings (SSSR count). The van der Waals surface area contributed by atoms with E-state index < -0.39 is 0 Å². The first-order chi connectivity index (χ1) is 19.4. The molecular weight excluding hydrogens is 470 g/mol. The molecule has 1 aliphatic carbocycles. The van der Waals surface area contributed by atoms with Crippen LogP contribution in [-0.2, 0) is 0 Å². The van der Waals surface area contributed by atoms with Crippen LogP contribution in [0, 0.1) is 0 Å². The zero-order valence-electron chi connectivity index (χ0n) is 22.3. The lowest BCUT2D eigenvalue weighted by atomic mass is 9.80. The number of hydrogen-bond acceptors (Lipinski definition) is 1. The van der Waals surface area contributed by atoms with E-state index in [9.17, 15) is 0 Å². The van der Waals surface area contributed by atoms with Gasteiger partial charge in [0, 0.05) is 16.6 Å². The largest absolute Gasteiger partial charge is 0.309 e. The van der Waals surface area contributed by atoms with Crippen LogP contribution in [0.1, 0.15) is 43.6 Å². The normalized spacial score (nSPS) is 14.1. The highest BCUT2D eigenvalue weighted by molar-refractivity contribution is 6.05. The number of nitrogens with zero attached hydrogens (tertiary/aromatic N) is 1. The lowest BCUT2D eigenvalue weighted by Crippen LogP contribution is -2.12. The molecule has 0 atom stereocenters. The summed E-state index contributed by atoms with van der Waals surface area (Å²) < 4.78 is 0. The van der Waals surface area contributed by atoms with Gasteiger partial charge in [0.25, 0.3) is 0 Å². The van der Waals surface area contributed by atoms with E-state index in [1.807, 2.05) is 0 Å². The molecule has 0 radical (unpaired) electrons. The lowest BCUT2D eigenvalue weighted by Gasteiger charge is -2.30. The second kappa shape index (κ2) is 10.4. The fraction of sp³-hybridized carbons (Fsp3) is 0.158. The van der Waals surface area contributed by atoms with Crippen molar-refractivity contribution in [2.75, 3.05) is 4.90 Å². The first-order valence-corrected chi connectivity index (χ1v) is 14.3. The van der Waals surface area contributed by atoms with Gasteiger partial charge in [-0.2, -0.15) is 0 Å². The number of fused-ring (bicyclic) bond motifs is 2. The Labute approximate surface area is 231 Å². The van der Waals surface area contributed by atoms with E-state index in [0.717, 1.165) is 5.69 Å². The Bertz CT molecular complexity index is 1730. The molecule has 0 saturated heterocycles. The second-order valence-corrected chi connectivity index (χ2v) is 10.8. The van der Waals surface area contributed by atoms with Crippen molar-refractivity contribution in [3.05, 3.63) is 139 Å². The van der Waals surface area contributed by atoms with Gasteiger partial charge in [0.05, 0.1) is 11.4 Å². The number of para-hydroxylation sites is 2. The lowest BCUT2D eigenvalue weighted by molar-refractivity contribution is 0.445. The van der Waals surface area contributed by atoms with E-state index in [4.69, 9.17) is 0 Å². The van der Waals surface area contributed by atoms with Crippen molar-refractivity contribution in [1.29, 1.82) is 0 Å². The standard InChI is InChI=1S/C38H33N/c1-3-14-29(15-4-1)33-24-11-18-30-19-12-25-35(38(30)33)34-23-9-10-26-37(34)39(31-20-5-2-6-21-31)36-27-13-17-28-16-7-8-22-32(28)36/h2,5-13,16-27,29H,1,3-4,14-15H2. The summed E-state index contributed by atoms with van der Waals surface area (Å²) in [7, 11) is 0. The van der Waals surface area contributed by atoms with Crippen molar-refractivity contribution >= 4 is 38.6 Å². The Morgan fingerprint density at radius 3 is 1.95 bits per heavy atom. The predicted molar refractivity (Wildman–Crippen MR) is 167 cm³/mol. The monoisotopic (exact) mass is 503 g/mol. The molecule has 6 aromatic rings. The van der Waals surface area contributed by atoms with Gasteiger partial charge in [-0.05, 0) is 70.3 Å². The van der Waals surface area contributed by atoms with Crippen molar-refractivity contribution in [1.82, 2.24) is 0 Å². The number of anilines is 3. The molecule has 6 aromatic carbocycles. The van der Waals surface area contributed by atoms with Gasteiger partial charge in [0.15, 0.2) is 0 Å². The van der Waals surface area contributed by atoms with E-state index in [-0.39, 0.29) is 0 Å². The predicted octanol–water partition coefficient (Wildman–Crippen LogP) is 11.2. The maximum absolute atomic E-state index is 2.44. The Balaban J connectivity index is 1.49. The molecule has 190 valence electrons. The fourth-order valence-corrected chi connectivity index (χ4v) is 6.63. The minimum atomic E-state index is 0.638. The zero-order chi connectivity index (χ0) is 26.0. The molecule has 0 bridgehead atoms. The first kappa shape index (κ1) is 23.7. The summed E-state index contributed by atoms with van der Waals surface area (Å²) in [5, 5.41) is 5.25. The van der Waals surface area contributed by atoms with Crippen LogP contribution in [0.2, 0.25) is 0 Å². The number of hydrogen-bond donors (Lipinski definition) is 0. The molecule has 0 unspecified atom stereocenters. The van der Waals surface area contributed by atoms with Crippen molar-refractivity contribution in [2.45, 2.75) is 38.0 Å². The van der Waals surface area contributed by atoms with Crippen LogP contribution in [0.3, 0.4) is 0 Å². The van der Waals surface area contributed by atoms with E-state index in [1.165, 1.54) is 81.7 Å². The van der Waals surface area contributed by atoms with Gasteiger partial charge >= 0.3 is 0 Å². The van der Waals surface area contributed by atoms with Crippen molar-refractivity contribution in [2.24, 2.45) is 0 Å².